The molecule has 0 amide bonds. The Balaban J connectivity index is 0.00000121. The molecule has 0 aliphatic carbocycles. The van der Waals surface area contributed by atoms with E-state index in [9.17, 15) is 4.39 Å². The second kappa shape index (κ2) is 5.06. The van der Waals surface area contributed by atoms with Gasteiger partial charge in [-0.25, -0.2) is 4.39 Å². The second-order valence-corrected chi connectivity index (χ2v) is 6.71. The van der Waals surface area contributed by atoms with Crippen LogP contribution >= 0.6 is 35.5 Å². The summed E-state index contributed by atoms with van der Waals surface area (Å²) in [6.45, 7) is 3.90. The average molecular weight is 327 g/mol. The van der Waals surface area contributed by atoms with E-state index in [1.54, 1.807) is 29.2 Å². The predicted molar refractivity (Wildman–Crippen MR) is 88.2 cm³/mol. The van der Waals surface area contributed by atoms with Gasteiger partial charge in [0.1, 0.15) is 5.82 Å². The highest BCUT2D eigenvalue weighted by atomic mass is 35.5. The molecule has 0 spiro atoms. The van der Waals surface area contributed by atoms with Crippen LogP contribution in [0.5, 0.6) is 0 Å². The fourth-order valence-electron chi connectivity index (χ4n) is 2.62. The molecule has 20 heavy (non-hydrogen) atoms. The molecule has 2 aliphatic heterocycles. The van der Waals surface area contributed by atoms with Gasteiger partial charge in [0.2, 0.25) is 0 Å². The molecule has 2 aliphatic rings. The van der Waals surface area contributed by atoms with Crippen LogP contribution in [-0.2, 0) is 0 Å². The molecule has 1 aromatic heterocycles. The fourth-order valence-corrected chi connectivity index (χ4v) is 4.58. The highest BCUT2D eigenvalue weighted by Gasteiger charge is 2.32. The number of nitrogens with zero attached hydrogens (tertiary/aromatic N) is 2. The van der Waals surface area contributed by atoms with Gasteiger partial charge in [-0.2, -0.15) is 0 Å². The SMILES string of the molecule is CC1=C(c2csc3ccc(F)cc23)N2CCN=C2S1.Cl. The highest BCUT2D eigenvalue weighted by molar-refractivity contribution is 8.17. The van der Waals surface area contributed by atoms with Gasteiger partial charge in [-0.15, -0.1) is 23.7 Å². The molecule has 0 saturated heterocycles. The number of halogens is 2. The minimum atomic E-state index is -0.175. The summed E-state index contributed by atoms with van der Waals surface area (Å²) in [6.07, 6.45) is 0. The van der Waals surface area contributed by atoms with Gasteiger partial charge in [-0.05, 0) is 25.1 Å². The zero-order valence-corrected chi connectivity index (χ0v) is 13.2. The lowest BCUT2D eigenvalue weighted by atomic mass is 10.1. The van der Waals surface area contributed by atoms with Crippen LogP contribution in [-0.4, -0.2) is 23.2 Å². The third kappa shape index (κ3) is 1.96. The van der Waals surface area contributed by atoms with Crippen LogP contribution in [0.3, 0.4) is 0 Å². The summed E-state index contributed by atoms with van der Waals surface area (Å²) in [6, 6.07) is 5.02. The maximum atomic E-state index is 13.5. The summed E-state index contributed by atoms with van der Waals surface area (Å²) in [5.74, 6) is -0.175. The summed E-state index contributed by atoms with van der Waals surface area (Å²) in [5.41, 5.74) is 2.34. The molecule has 104 valence electrons. The van der Waals surface area contributed by atoms with E-state index in [1.807, 2.05) is 6.07 Å². The molecule has 2 aromatic rings. The Morgan fingerprint density at radius 2 is 2.20 bits per heavy atom. The minimum absolute atomic E-state index is 0. The first-order valence-electron chi connectivity index (χ1n) is 6.12. The molecule has 0 fully saturated rings. The van der Waals surface area contributed by atoms with Crippen molar-refractivity contribution in [3.05, 3.63) is 39.9 Å². The van der Waals surface area contributed by atoms with Crippen molar-refractivity contribution < 1.29 is 4.39 Å². The van der Waals surface area contributed by atoms with Crippen molar-refractivity contribution in [1.29, 1.82) is 0 Å². The van der Waals surface area contributed by atoms with Crippen LogP contribution in [0.1, 0.15) is 12.5 Å². The maximum Gasteiger partial charge on any atom is 0.168 e. The highest BCUT2D eigenvalue weighted by Crippen LogP contribution is 2.44. The lowest BCUT2D eigenvalue weighted by molar-refractivity contribution is 0.629. The molecule has 0 N–H and O–H groups in total. The molecule has 0 atom stereocenters. The Morgan fingerprint density at radius 3 is 3.05 bits per heavy atom. The number of aliphatic imine (C=N–C) groups is 1. The Morgan fingerprint density at radius 1 is 1.35 bits per heavy atom. The Kier molecular flexibility index (Phi) is 3.52. The minimum Gasteiger partial charge on any atom is -0.318 e. The van der Waals surface area contributed by atoms with Gasteiger partial charge < -0.3 is 4.90 Å². The fraction of sp³-hybridized carbons (Fsp3) is 0.214. The summed E-state index contributed by atoms with van der Waals surface area (Å²) in [7, 11) is 0. The third-order valence-electron chi connectivity index (χ3n) is 3.44. The molecule has 3 heterocycles. The van der Waals surface area contributed by atoms with E-state index in [-0.39, 0.29) is 18.2 Å². The molecular formula is C14H12ClFN2S2. The van der Waals surface area contributed by atoms with E-state index >= 15 is 0 Å². The van der Waals surface area contributed by atoms with E-state index in [1.165, 1.54) is 16.7 Å². The summed E-state index contributed by atoms with van der Waals surface area (Å²) < 4.78 is 14.6. The molecule has 4 rings (SSSR count). The first kappa shape index (κ1) is 13.9. The number of amidine groups is 1. The van der Waals surface area contributed by atoms with Crippen molar-refractivity contribution in [2.45, 2.75) is 6.92 Å². The molecule has 6 heteroatoms. The maximum absolute atomic E-state index is 13.5. The van der Waals surface area contributed by atoms with E-state index in [0.717, 1.165) is 33.9 Å². The van der Waals surface area contributed by atoms with Crippen LogP contribution in [0.25, 0.3) is 15.8 Å². The standard InChI is InChI=1S/C14H11FN2S2.ClH/c1-8-13(17-5-4-16-14(17)19-8)11-7-18-12-3-2-9(15)6-10(11)12;/h2-3,6-7H,4-5H2,1H3;1H. The molecule has 2 nitrogen and oxygen atoms in total. The van der Waals surface area contributed by atoms with Gasteiger partial charge in [0, 0.05) is 32.5 Å². The number of allylic oxidation sites excluding steroid dienone is 1. The van der Waals surface area contributed by atoms with Crippen LogP contribution in [0, 0.1) is 5.82 Å². The van der Waals surface area contributed by atoms with Gasteiger partial charge in [0.25, 0.3) is 0 Å². The summed E-state index contributed by atoms with van der Waals surface area (Å²) in [5, 5.41) is 4.22. The summed E-state index contributed by atoms with van der Waals surface area (Å²) in [4.78, 5) is 8.01. The molecule has 0 bridgehead atoms. The third-order valence-corrected chi connectivity index (χ3v) is 5.44. The van der Waals surface area contributed by atoms with Gasteiger partial charge in [0.15, 0.2) is 5.17 Å². The Labute approximate surface area is 130 Å². The van der Waals surface area contributed by atoms with Crippen molar-refractivity contribution in [1.82, 2.24) is 4.90 Å². The van der Waals surface area contributed by atoms with E-state index in [2.05, 4.69) is 22.2 Å². The number of thioether (sulfide) groups is 1. The van der Waals surface area contributed by atoms with Gasteiger partial charge in [-0.1, -0.05) is 11.8 Å². The van der Waals surface area contributed by atoms with Gasteiger partial charge >= 0.3 is 0 Å². The molecule has 1 aromatic carbocycles. The lowest BCUT2D eigenvalue weighted by Gasteiger charge is -2.16. The zero-order chi connectivity index (χ0) is 13.0. The summed E-state index contributed by atoms with van der Waals surface area (Å²) >= 11 is 3.39. The molecule has 0 saturated carbocycles. The van der Waals surface area contributed by atoms with Gasteiger partial charge in [-0.3, -0.25) is 4.99 Å². The Hall–Kier alpha value is -1.04. The predicted octanol–water partition coefficient (Wildman–Crippen LogP) is 4.57. The van der Waals surface area contributed by atoms with Crippen LogP contribution < -0.4 is 0 Å². The lowest BCUT2D eigenvalue weighted by Crippen LogP contribution is -2.19. The molecule has 0 unspecified atom stereocenters. The Bertz CT molecular complexity index is 751. The average Bonchev–Trinajstić information content (AvgIpc) is 3.03. The quantitative estimate of drug-likeness (QED) is 0.763. The molecule has 0 radical (unpaired) electrons. The number of rotatable bonds is 1. The van der Waals surface area contributed by atoms with E-state index < -0.39 is 0 Å². The van der Waals surface area contributed by atoms with Crippen LogP contribution in [0.15, 0.2) is 33.5 Å². The van der Waals surface area contributed by atoms with Crippen molar-refractivity contribution in [3.8, 4) is 0 Å². The monoisotopic (exact) mass is 326 g/mol. The first-order chi connectivity index (χ1) is 9.24. The van der Waals surface area contributed by atoms with Crippen molar-refractivity contribution in [2.75, 3.05) is 13.1 Å². The molecular weight excluding hydrogens is 315 g/mol. The number of fused-ring (bicyclic) bond motifs is 2. The van der Waals surface area contributed by atoms with Crippen molar-refractivity contribution >= 4 is 56.5 Å². The number of hydrogen-bond acceptors (Lipinski definition) is 4. The van der Waals surface area contributed by atoms with E-state index in [4.69, 9.17) is 0 Å². The van der Waals surface area contributed by atoms with Crippen molar-refractivity contribution in [2.24, 2.45) is 4.99 Å². The van der Waals surface area contributed by atoms with Crippen molar-refractivity contribution in [3.63, 3.8) is 0 Å². The zero-order valence-electron chi connectivity index (χ0n) is 10.7. The van der Waals surface area contributed by atoms with Crippen LogP contribution in [0.2, 0.25) is 0 Å². The van der Waals surface area contributed by atoms with Gasteiger partial charge in [0.05, 0.1) is 12.2 Å². The first-order valence-corrected chi connectivity index (χ1v) is 7.81. The number of hydrogen-bond donors (Lipinski definition) is 0. The second-order valence-electron chi connectivity index (χ2n) is 4.61. The smallest absolute Gasteiger partial charge is 0.168 e. The normalized spacial score (nSPS) is 17.5. The number of thiophene rings is 1. The van der Waals surface area contributed by atoms with Crippen LogP contribution in [0.4, 0.5) is 4.39 Å². The van der Waals surface area contributed by atoms with E-state index in [0.29, 0.717) is 0 Å². The number of benzene rings is 1. The topological polar surface area (TPSA) is 15.6 Å². The largest absolute Gasteiger partial charge is 0.318 e.